The minimum Gasteiger partial charge on any atom is -0.465 e. The number of hydrogen-bond acceptors (Lipinski definition) is 3. The zero-order valence-corrected chi connectivity index (χ0v) is 11.5. The molecular formula is C15H10F2N2O4. The fraction of sp³-hybridized carbons (Fsp3) is 0.0667. The van der Waals surface area contributed by atoms with Crippen molar-refractivity contribution < 1.29 is 23.1 Å². The fourth-order valence-corrected chi connectivity index (χ4v) is 2.26. The molecule has 3 rings (SSSR count). The van der Waals surface area contributed by atoms with Crippen LogP contribution in [0.1, 0.15) is 5.56 Å². The highest BCUT2D eigenvalue weighted by molar-refractivity contribution is 5.82. The average molecular weight is 320 g/mol. The van der Waals surface area contributed by atoms with E-state index in [9.17, 15) is 18.4 Å². The molecule has 0 spiro atoms. The second kappa shape index (κ2) is 5.56. The summed E-state index contributed by atoms with van der Waals surface area (Å²) < 4.78 is 32.6. The summed E-state index contributed by atoms with van der Waals surface area (Å²) in [5.74, 6) is -2.96. The standard InChI is InChI=1S/C15H10F2N2O4/c16-10-5-12-13(6-11(10)17)23-15(22)19(12)7-8-2-1-3-9(4-8)18-14(20)21/h1-6,18H,7H2,(H,20,21). The maximum Gasteiger partial charge on any atom is 0.420 e. The van der Waals surface area contributed by atoms with Gasteiger partial charge in [0.05, 0.1) is 12.1 Å². The van der Waals surface area contributed by atoms with E-state index in [0.29, 0.717) is 11.3 Å². The third kappa shape index (κ3) is 2.91. The van der Waals surface area contributed by atoms with E-state index in [4.69, 9.17) is 9.52 Å². The molecule has 0 saturated carbocycles. The van der Waals surface area contributed by atoms with Gasteiger partial charge in [0.2, 0.25) is 0 Å². The molecule has 0 unspecified atom stereocenters. The number of nitrogens with zero attached hydrogens (tertiary/aromatic N) is 1. The molecule has 0 aliphatic heterocycles. The van der Waals surface area contributed by atoms with Crippen LogP contribution in [0.15, 0.2) is 45.6 Å². The predicted molar refractivity (Wildman–Crippen MR) is 77.6 cm³/mol. The van der Waals surface area contributed by atoms with E-state index in [1.165, 1.54) is 6.07 Å². The van der Waals surface area contributed by atoms with E-state index in [0.717, 1.165) is 16.7 Å². The number of halogens is 2. The van der Waals surface area contributed by atoms with Crippen molar-refractivity contribution in [3.63, 3.8) is 0 Å². The van der Waals surface area contributed by atoms with Crippen molar-refractivity contribution in [3.05, 3.63) is 64.1 Å². The monoisotopic (exact) mass is 320 g/mol. The molecule has 23 heavy (non-hydrogen) atoms. The molecule has 2 aromatic carbocycles. The zero-order valence-electron chi connectivity index (χ0n) is 11.5. The van der Waals surface area contributed by atoms with Gasteiger partial charge in [0.15, 0.2) is 17.2 Å². The Bertz CT molecular complexity index is 962. The van der Waals surface area contributed by atoms with Crippen molar-refractivity contribution in [2.75, 3.05) is 5.32 Å². The summed E-state index contributed by atoms with van der Waals surface area (Å²) in [6, 6.07) is 8.04. The van der Waals surface area contributed by atoms with E-state index in [2.05, 4.69) is 5.32 Å². The lowest BCUT2D eigenvalue weighted by molar-refractivity contribution is 0.209. The number of hydrogen-bond donors (Lipinski definition) is 2. The lowest BCUT2D eigenvalue weighted by Crippen LogP contribution is -2.15. The van der Waals surface area contributed by atoms with Gasteiger partial charge >= 0.3 is 11.8 Å². The maximum atomic E-state index is 13.4. The van der Waals surface area contributed by atoms with Gasteiger partial charge in [-0.3, -0.25) is 9.88 Å². The SMILES string of the molecule is O=C(O)Nc1cccc(Cn2c(=O)oc3cc(F)c(F)cc32)c1. The average Bonchev–Trinajstić information content (AvgIpc) is 2.75. The van der Waals surface area contributed by atoms with Crippen LogP contribution in [-0.4, -0.2) is 15.8 Å². The van der Waals surface area contributed by atoms with Crippen molar-refractivity contribution in [3.8, 4) is 0 Å². The van der Waals surface area contributed by atoms with Crippen LogP contribution in [0, 0.1) is 11.6 Å². The van der Waals surface area contributed by atoms with E-state index in [1.807, 2.05) is 0 Å². The van der Waals surface area contributed by atoms with Crippen LogP contribution in [0.3, 0.4) is 0 Å². The smallest absolute Gasteiger partial charge is 0.420 e. The van der Waals surface area contributed by atoms with Gasteiger partial charge in [0.25, 0.3) is 0 Å². The van der Waals surface area contributed by atoms with Crippen molar-refractivity contribution in [2.24, 2.45) is 0 Å². The van der Waals surface area contributed by atoms with Gasteiger partial charge in [-0.05, 0) is 17.7 Å². The van der Waals surface area contributed by atoms with Gasteiger partial charge in [-0.15, -0.1) is 0 Å². The third-order valence-electron chi connectivity index (χ3n) is 3.23. The minimum absolute atomic E-state index is 0.0199. The lowest BCUT2D eigenvalue weighted by Gasteiger charge is -2.06. The zero-order chi connectivity index (χ0) is 16.6. The third-order valence-corrected chi connectivity index (χ3v) is 3.23. The van der Waals surface area contributed by atoms with E-state index < -0.39 is 23.5 Å². The van der Waals surface area contributed by atoms with Crippen molar-refractivity contribution in [1.82, 2.24) is 4.57 Å². The Kier molecular flexibility index (Phi) is 3.57. The lowest BCUT2D eigenvalue weighted by atomic mass is 10.2. The quantitative estimate of drug-likeness (QED) is 0.777. The number of anilines is 1. The Morgan fingerprint density at radius 1 is 1.22 bits per heavy atom. The summed E-state index contributed by atoms with van der Waals surface area (Å²) >= 11 is 0. The molecule has 0 saturated heterocycles. The molecule has 8 heteroatoms. The molecule has 3 aromatic rings. The molecule has 0 aliphatic carbocycles. The van der Waals surface area contributed by atoms with Crippen LogP contribution in [-0.2, 0) is 6.54 Å². The molecule has 0 atom stereocenters. The molecule has 6 nitrogen and oxygen atoms in total. The summed E-state index contributed by atoms with van der Waals surface area (Å²) in [4.78, 5) is 22.5. The first kappa shape index (κ1) is 14.8. The van der Waals surface area contributed by atoms with Crippen LogP contribution >= 0.6 is 0 Å². The largest absolute Gasteiger partial charge is 0.465 e. The molecule has 1 heterocycles. The number of amides is 1. The second-order valence-electron chi connectivity index (χ2n) is 4.82. The number of oxazole rings is 1. The van der Waals surface area contributed by atoms with Crippen molar-refractivity contribution >= 4 is 22.9 Å². The van der Waals surface area contributed by atoms with Crippen LogP contribution in [0.25, 0.3) is 11.1 Å². The number of aromatic nitrogens is 1. The van der Waals surface area contributed by atoms with Gasteiger partial charge in [-0.25, -0.2) is 18.4 Å². The van der Waals surface area contributed by atoms with Gasteiger partial charge < -0.3 is 9.52 Å². The Morgan fingerprint density at radius 2 is 1.96 bits per heavy atom. The highest BCUT2D eigenvalue weighted by Crippen LogP contribution is 2.19. The Labute approximate surface area is 127 Å². The number of carboxylic acid groups (broad SMARTS) is 1. The summed E-state index contributed by atoms with van der Waals surface area (Å²) in [5.41, 5.74) is 0.970. The van der Waals surface area contributed by atoms with Crippen LogP contribution < -0.4 is 11.1 Å². The molecule has 0 radical (unpaired) electrons. The molecule has 1 aromatic heterocycles. The highest BCUT2D eigenvalue weighted by atomic mass is 19.2. The molecule has 0 fully saturated rings. The molecule has 2 N–H and O–H groups in total. The van der Waals surface area contributed by atoms with Gasteiger partial charge in [0, 0.05) is 17.8 Å². The van der Waals surface area contributed by atoms with Gasteiger partial charge in [-0.2, -0.15) is 0 Å². The maximum absolute atomic E-state index is 13.4. The topological polar surface area (TPSA) is 84.5 Å². The van der Waals surface area contributed by atoms with Gasteiger partial charge in [-0.1, -0.05) is 12.1 Å². The van der Waals surface area contributed by atoms with Gasteiger partial charge in [0.1, 0.15) is 0 Å². The Balaban J connectivity index is 2.02. The van der Waals surface area contributed by atoms with E-state index in [1.54, 1.807) is 18.2 Å². The molecule has 0 aliphatic rings. The molecule has 118 valence electrons. The second-order valence-corrected chi connectivity index (χ2v) is 4.82. The highest BCUT2D eigenvalue weighted by Gasteiger charge is 2.14. The summed E-state index contributed by atoms with van der Waals surface area (Å²) in [5, 5.41) is 10.9. The first-order valence-corrected chi connectivity index (χ1v) is 6.51. The minimum atomic E-state index is -1.22. The summed E-state index contributed by atoms with van der Waals surface area (Å²) in [6.45, 7) is 0.0199. The predicted octanol–water partition coefficient (Wildman–Crippen LogP) is 3.01. The van der Waals surface area contributed by atoms with Crippen LogP contribution in [0.5, 0.6) is 0 Å². The van der Waals surface area contributed by atoms with E-state index in [-0.39, 0.29) is 17.6 Å². The first-order chi connectivity index (χ1) is 10.9. The number of nitrogens with one attached hydrogen (secondary N) is 1. The molecular weight excluding hydrogens is 310 g/mol. The molecule has 0 bridgehead atoms. The Hall–Kier alpha value is -3.16. The van der Waals surface area contributed by atoms with E-state index >= 15 is 0 Å². The first-order valence-electron chi connectivity index (χ1n) is 6.51. The van der Waals surface area contributed by atoms with Crippen molar-refractivity contribution in [2.45, 2.75) is 6.54 Å². The summed E-state index contributed by atoms with van der Waals surface area (Å²) in [6.07, 6.45) is -1.22. The normalized spacial score (nSPS) is 10.9. The number of fused-ring (bicyclic) bond motifs is 1. The van der Waals surface area contributed by atoms with Crippen LogP contribution in [0.4, 0.5) is 19.3 Å². The fourth-order valence-electron chi connectivity index (χ4n) is 2.26. The number of benzene rings is 2. The number of carbonyl (C=O) groups is 1. The molecule has 1 amide bonds. The van der Waals surface area contributed by atoms with Crippen LogP contribution in [0.2, 0.25) is 0 Å². The van der Waals surface area contributed by atoms with Crippen molar-refractivity contribution in [1.29, 1.82) is 0 Å². The Morgan fingerprint density at radius 3 is 2.70 bits per heavy atom. The summed E-state index contributed by atoms with van der Waals surface area (Å²) in [7, 11) is 0. The number of rotatable bonds is 3.